The number of carbonyl (C=O) groups excluding carboxylic acids is 3. The summed E-state index contributed by atoms with van der Waals surface area (Å²) in [6.45, 7) is -0.0287. The first kappa shape index (κ1) is 22.7. The van der Waals surface area contributed by atoms with E-state index in [1.54, 1.807) is 30.3 Å². The van der Waals surface area contributed by atoms with E-state index in [2.05, 4.69) is 5.32 Å². The standard InChI is InChI=1S/C25H18F2N2O5/c1-33-22-13-15(6-11-21(22)34-14-16-4-2-3-5-20(16)27)12-19-23(30)28-25(32)29(24(19)31)18-9-7-17(26)8-10-18/h2-13H,14H2,1H3,(H,28,30,32)/b19-12+. The van der Waals surface area contributed by atoms with Gasteiger partial charge < -0.3 is 9.47 Å². The Bertz CT molecular complexity index is 1300. The van der Waals surface area contributed by atoms with Gasteiger partial charge in [0.1, 0.15) is 23.8 Å². The van der Waals surface area contributed by atoms with Crippen molar-refractivity contribution < 1.29 is 32.6 Å². The Morgan fingerprint density at radius 1 is 0.941 bits per heavy atom. The molecule has 1 aliphatic heterocycles. The molecular weight excluding hydrogens is 446 g/mol. The van der Waals surface area contributed by atoms with Gasteiger partial charge in [0, 0.05) is 5.56 Å². The molecule has 0 spiro atoms. The van der Waals surface area contributed by atoms with E-state index in [-0.39, 0.29) is 17.9 Å². The molecule has 3 aromatic rings. The van der Waals surface area contributed by atoms with Crippen LogP contribution >= 0.6 is 0 Å². The Balaban J connectivity index is 1.60. The van der Waals surface area contributed by atoms with E-state index in [4.69, 9.17) is 9.47 Å². The minimum Gasteiger partial charge on any atom is -0.493 e. The molecule has 0 radical (unpaired) electrons. The van der Waals surface area contributed by atoms with Gasteiger partial charge in [0.2, 0.25) is 0 Å². The molecule has 9 heteroatoms. The number of methoxy groups -OCH3 is 1. The predicted molar refractivity (Wildman–Crippen MR) is 119 cm³/mol. The summed E-state index contributed by atoms with van der Waals surface area (Å²) in [6, 6.07) is 14.6. The molecule has 34 heavy (non-hydrogen) atoms. The third-order valence-corrected chi connectivity index (χ3v) is 5.03. The normalized spacial score (nSPS) is 14.9. The van der Waals surface area contributed by atoms with E-state index in [0.29, 0.717) is 22.6 Å². The maximum atomic E-state index is 13.8. The predicted octanol–water partition coefficient (Wildman–Crippen LogP) is 4.22. The summed E-state index contributed by atoms with van der Waals surface area (Å²) in [4.78, 5) is 38.3. The minimum absolute atomic E-state index is 0.0287. The zero-order chi connectivity index (χ0) is 24.2. The zero-order valence-corrected chi connectivity index (χ0v) is 17.9. The average Bonchev–Trinajstić information content (AvgIpc) is 2.82. The second kappa shape index (κ2) is 9.53. The van der Waals surface area contributed by atoms with Crippen molar-refractivity contribution in [3.63, 3.8) is 0 Å². The molecule has 0 saturated carbocycles. The molecule has 7 nitrogen and oxygen atoms in total. The van der Waals surface area contributed by atoms with Crippen LogP contribution in [-0.4, -0.2) is 25.0 Å². The topological polar surface area (TPSA) is 84.9 Å². The lowest BCUT2D eigenvalue weighted by Crippen LogP contribution is -2.54. The number of urea groups is 1. The van der Waals surface area contributed by atoms with Crippen molar-refractivity contribution in [3.8, 4) is 11.5 Å². The van der Waals surface area contributed by atoms with E-state index < -0.39 is 29.5 Å². The average molecular weight is 464 g/mol. The maximum absolute atomic E-state index is 13.8. The number of benzene rings is 3. The SMILES string of the molecule is COc1cc(/C=C2\C(=O)NC(=O)N(c3ccc(F)cc3)C2=O)ccc1OCc1ccccc1F. The van der Waals surface area contributed by atoms with Crippen LogP contribution in [0.3, 0.4) is 0 Å². The first-order valence-electron chi connectivity index (χ1n) is 10.1. The third-order valence-electron chi connectivity index (χ3n) is 5.03. The number of nitrogens with zero attached hydrogens (tertiary/aromatic N) is 1. The van der Waals surface area contributed by atoms with E-state index in [1.807, 2.05) is 0 Å². The molecule has 4 rings (SSSR count). The van der Waals surface area contributed by atoms with Crippen LogP contribution in [0.5, 0.6) is 11.5 Å². The molecule has 0 aromatic heterocycles. The van der Waals surface area contributed by atoms with Crippen molar-refractivity contribution in [2.24, 2.45) is 0 Å². The molecule has 0 bridgehead atoms. The lowest BCUT2D eigenvalue weighted by Gasteiger charge is -2.26. The van der Waals surface area contributed by atoms with Crippen molar-refractivity contribution in [1.29, 1.82) is 0 Å². The second-order valence-electron chi connectivity index (χ2n) is 7.22. The molecule has 3 aromatic carbocycles. The van der Waals surface area contributed by atoms with Crippen LogP contribution in [0.2, 0.25) is 0 Å². The highest BCUT2D eigenvalue weighted by Crippen LogP contribution is 2.30. The molecule has 0 atom stereocenters. The summed E-state index contributed by atoms with van der Waals surface area (Å²) in [7, 11) is 1.41. The minimum atomic E-state index is -0.937. The number of barbiturate groups is 1. The van der Waals surface area contributed by atoms with Crippen LogP contribution in [0.4, 0.5) is 19.3 Å². The molecule has 1 N–H and O–H groups in total. The lowest BCUT2D eigenvalue weighted by molar-refractivity contribution is -0.122. The Hall–Kier alpha value is -4.53. The van der Waals surface area contributed by atoms with E-state index in [0.717, 1.165) is 17.0 Å². The number of carbonyl (C=O) groups is 3. The number of hydrogen-bond donors (Lipinski definition) is 1. The van der Waals surface area contributed by atoms with Crippen LogP contribution in [-0.2, 0) is 16.2 Å². The number of rotatable bonds is 6. The molecule has 4 amide bonds. The van der Waals surface area contributed by atoms with Crippen molar-refractivity contribution in [2.45, 2.75) is 6.61 Å². The first-order valence-corrected chi connectivity index (χ1v) is 10.1. The van der Waals surface area contributed by atoms with Crippen LogP contribution in [0.25, 0.3) is 6.08 Å². The van der Waals surface area contributed by atoms with Crippen LogP contribution in [0.1, 0.15) is 11.1 Å². The number of anilines is 1. The fourth-order valence-electron chi connectivity index (χ4n) is 3.31. The van der Waals surface area contributed by atoms with Gasteiger partial charge in [-0.1, -0.05) is 24.3 Å². The summed E-state index contributed by atoms with van der Waals surface area (Å²) >= 11 is 0. The Labute approximate surface area is 193 Å². The van der Waals surface area contributed by atoms with Gasteiger partial charge in [0.25, 0.3) is 11.8 Å². The molecule has 0 unspecified atom stereocenters. The van der Waals surface area contributed by atoms with Gasteiger partial charge in [0.05, 0.1) is 12.8 Å². The number of amides is 4. The third kappa shape index (κ3) is 4.63. The number of ether oxygens (including phenoxy) is 2. The summed E-state index contributed by atoms with van der Waals surface area (Å²) in [5.41, 5.74) is 0.593. The van der Waals surface area contributed by atoms with Gasteiger partial charge in [0.15, 0.2) is 11.5 Å². The number of imide groups is 2. The van der Waals surface area contributed by atoms with Gasteiger partial charge >= 0.3 is 6.03 Å². The van der Waals surface area contributed by atoms with Gasteiger partial charge in [-0.05, 0) is 54.1 Å². The number of halogens is 2. The van der Waals surface area contributed by atoms with E-state index >= 15 is 0 Å². The molecule has 1 aliphatic rings. The first-order chi connectivity index (χ1) is 16.4. The van der Waals surface area contributed by atoms with Gasteiger partial charge in [-0.15, -0.1) is 0 Å². The molecule has 0 aliphatic carbocycles. The highest BCUT2D eigenvalue weighted by molar-refractivity contribution is 6.39. The highest BCUT2D eigenvalue weighted by Gasteiger charge is 2.36. The fraction of sp³-hybridized carbons (Fsp3) is 0.0800. The molecule has 1 heterocycles. The van der Waals surface area contributed by atoms with Gasteiger partial charge in [-0.25, -0.2) is 18.5 Å². The molecule has 1 saturated heterocycles. The van der Waals surface area contributed by atoms with Crippen LogP contribution < -0.4 is 19.7 Å². The zero-order valence-electron chi connectivity index (χ0n) is 17.9. The second-order valence-corrected chi connectivity index (χ2v) is 7.22. The van der Waals surface area contributed by atoms with Crippen LogP contribution in [0.15, 0.2) is 72.3 Å². The monoisotopic (exact) mass is 464 g/mol. The van der Waals surface area contributed by atoms with Crippen molar-refractivity contribution in [3.05, 3.63) is 95.1 Å². The van der Waals surface area contributed by atoms with E-state index in [9.17, 15) is 23.2 Å². The summed E-state index contributed by atoms with van der Waals surface area (Å²) in [6.07, 6.45) is 1.30. The lowest BCUT2D eigenvalue weighted by atomic mass is 10.1. The van der Waals surface area contributed by atoms with Crippen molar-refractivity contribution >= 4 is 29.6 Å². The van der Waals surface area contributed by atoms with Gasteiger partial charge in [-0.3, -0.25) is 14.9 Å². The van der Waals surface area contributed by atoms with Crippen LogP contribution in [0, 0.1) is 11.6 Å². The quantitative estimate of drug-likeness (QED) is 0.436. The molecular formula is C25H18F2N2O5. The number of nitrogens with one attached hydrogen (secondary N) is 1. The molecule has 1 fully saturated rings. The Kier molecular flexibility index (Phi) is 6.35. The number of hydrogen-bond acceptors (Lipinski definition) is 5. The maximum Gasteiger partial charge on any atom is 0.335 e. The van der Waals surface area contributed by atoms with E-state index in [1.165, 1.54) is 37.5 Å². The summed E-state index contributed by atoms with van der Waals surface area (Å²) in [5, 5.41) is 2.10. The summed E-state index contributed by atoms with van der Waals surface area (Å²) in [5.74, 6) is -2.04. The molecule has 172 valence electrons. The fourth-order valence-corrected chi connectivity index (χ4v) is 3.31. The van der Waals surface area contributed by atoms with Crippen molar-refractivity contribution in [1.82, 2.24) is 5.32 Å². The summed E-state index contributed by atoms with van der Waals surface area (Å²) < 4.78 is 38.1. The van der Waals surface area contributed by atoms with Gasteiger partial charge in [-0.2, -0.15) is 0 Å². The Morgan fingerprint density at radius 2 is 1.68 bits per heavy atom. The largest absolute Gasteiger partial charge is 0.493 e. The van der Waals surface area contributed by atoms with Crippen molar-refractivity contribution in [2.75, 3.05) is 12.0 Å². The highest BCUT2D eigenvalue weighted by atomic mass is 19.1. The smallest absolute Gasteiger partial charge is 0.335 e. The Morgan fingerprint density at radius 3 is 2.38 bits per heavy atom.